The summed E-state index contributed by atoms with van der Waals surface area (Å²) in [5, 5.41) is -1.06. The number of nitrogens with zero attached hydrogens (tertiary/aromatic N) is 4. The van der Waals surface area contributed by atoms with E-state index in [1.165, 1.54) is 18.3 Å². The minimum Gasteiger partial charge on any atom is -0.405 e. The Bertz CT molecular complexity index is 924. The molecule has 0 unspecified atom stereocenters. The maximum absolute atomic E-state index is 12.8. The molecule has 0 atom stereocenters. The van der Waals surface area contributed by atoms with E-state index in [0.29, 0.717) is 23.2 Å². The number of anilines is 1. The second-order valence-corrected chi connectivity index (χ2v) is 6.51. The van der Waals surface area contributed by atoms with E-state index in [0.717, 1.165) is 6.42 Å². The van der Waals surface area contributed by atoms with Crippen molar-refractivity contribution < 1.29 is 8.96 Å². The average Bonchev–Trinajstić information content (AvgIpc) is 3.22. The second-order valence-electron chi connectivity index (χ2n) is 6.51. The van der Waals surface area contributed by atoms with Gasteiger partial charge >= 0.3 is 0 Å². The fourth-order valence-corrected chi connectivity index (χ4v) is 2.29. The molecule has 2 rings (SSSR count). The summed E-state index contributed by atoms with van der Waals surface area (Å²) in [6, 6.07) is 7.80. The molecule has 0 radical (unpaired) electrons. The minimum absolute atomic E-state index is 0.198. The van der Waals surface area contributed by atoms with Crippen molar-refractivity contribution in [1.29, 1.82) is 0 Å². The van der Waals surface area contributed by atoms with Gasteiger partial charge in [-0.25, -0.2) is 15.0 Å². The highest BCUT2D eigenvalue weighted by molar-refractivity contribution is 6.14. The predicted octanol–water partition coefficient (Wildman–Crippen LogP) is 4.92. The van der Waals surface area contributed by atoms with Crippen molar-refractivity contribution >= 4 is 23.1 Å². The number of rotatable bonds is 8. The molecule has 0 aromatic carbocycles. The SMILES string of the molecule is C=C(N=C(N=C(C=CN)/C=C/CC(C)C)c1ccc[nH]1)c1cccc(N(F)F)n1. The molecule has 0 aliphatic rings. The minimum atomic E-state index is -1.06. The number of aromatic nitrogens is 2. The molecular formula is C21H24F2N6. The molecule has 2 aromatic heterocycles. The molecule has 0 fully saturated rings. The second kappa shape index (κ2) is 10.7. The van der Waals surface area contributed by atoms with Crippen LogP contribution in [0, 0.1) is 5.92 Å². The molecule has 8 heteroatoms. The normalized spacial score (nSPS) is 13.0. The van der Waals surface area contributed by atoms with Gasteiger partial charge in [-0.2, -0.15) is 0 Å². The zero-order chi connectivity index (χ0) is 21.2. The van der Waals surface area contributed by atoms with E-state index in [-0.39, 0.29) is 11.4 Å². The zero-order valence-corrected chi connectivity index (χ0v) is 16.4. The van der Waals surface area contributed by atoms with Crippen LogP contribution in [0.5, 0.6) is 0 Å². The lowest BCUT2D eigenvalue weighted by molar-refractivity contribution is 0.231. The van der Waals surface area contributed by atoms with Crippen LogP contribution >= 0.6 is 0 Å². The number of amidine groups is 1. The van der Waals surface area contributed by atoms with Crippen LogP contribution in [0.4, 0.5) is 14.8 Å². The summed E-state index contributed by atoms with van der Waals surface area (Å²) < 4.78 is 25.6. The molecular weight excluding hydrogens is 374 g/mol. The number of pyridine rings is 1. The maximum Gasteiger partial charge on any atom is 0.194 e. The third-order valence-corrected chi connectivity index (χ3v) is 3.68. The van der Waals surface area contributed by atoms with Crippen LogP contribution in [-0.4, -0.2) is 21.5 Å². The first-order chi connectivity index (χ1) is 13.9. The molecule has 152 valence electrons. The Morgan fingerprint density at radius 2 is 2.03 bits per heavy atom. The highest BCUT2D eigenvalue weighted by atomic mass is 19.4. The first-order valence-corrected chi connectivity index (χ1v) is 9.04. The Morgan fingerprint density at radius 1 is 1.24 bits per heavy atom. The van der Waals surface area contributed by atoms with Crippen molar-refractivity contribution in [2.24, 2.45) is 21.6 Å². The summed E-state index contributed by atoms with van der Waals surface area (Å²) in [6.45, 7) is 8.09. The number of hydrogen-bond acceptors (Lipinski definition) is 4. The third kappa shape index (κ3) is 6.84. The highest BCUT2D eigenvalue weighted by Gasteiger charge is 2.10. The predicted molar refractivity (Wildman–Crippen MR) is 115 cm³/mol. The van der Waals surface area contributed by atoms with Gasteiger partial charge in [-0.1, -0.05) is 41.5 Å². The van der Waals surface area contributed by atoms with Gasteiger partial charge in [-0.05, 0) is 60.3 Å². The first kappa shape index (κ1) is 21.7. The zero-order valence-electron chi connectivity index (χ0n) is 16.4. The maximum atomic E-state index is 12.8. The quantitative estimate of drug-likeness (QED) is 0.376. The van der Waals surface area contributed by atoms with E-state index < -0.39 is 11.2 Å². The molecule has 0 aliphatic heterocycles. The Labute approximate surface area is 168 Å². The number of aliphatic imine (C=N–C) groups is 2. The number of aromatic amines is 1. The van der Waals surface area contributed by atoms with Gasteiger partial charge in [-0.3, -0.25) is 0 Å². The van der Waals surface area contributed by atoms with Crippen LogP contribution in [-0.2, 0) is 0 Å². The van der Waals surface area contributed by atoms with Crippen molar-refractivity contribution in [3.05, 3.63) is 78.9 Å². The van der Waals surface area contributed by atoms with Crippen molar-refractivity contribution in [2.75, 3.05) is 5.34 Å². The van der Waals surface area contributed by atoms with E-state index >= 15 is 0 Å². The van der Waals surface area contributed by atoms with Gasteiger partial charge in [0.1, 0.15) is 0 Å². The monoisotopic (exact) mass is 398 g/mol. The van der Waals surface area contributed by atoms with E-state index in [2.05, 4.69) is 40.4 Å². The summed E-state index contributed by atoms with van der Waals surface area (Å²) in [5.41, 5.74) is 7.19. The highest BCUT2D eigenvalue weighted by Crippen LogP contribution is 2.19. The molecule has 2 heterocycles. The Balaban J connectivity index is 2.43. The molecule has 2 aromatic rings. The smallest absolute Gasteiger partial charge is 0.194 e. The lowest BCUT2D eigenvalue weighted by atomic mass is 10.1. The molecule has 0 bridgehead atoms. The standard InChI is InChI=1S/C21H24F2N6/c1-15(2)7-4-8-17(12-13-24)27-21(19-10-6-14-25-19)26-16(3)18-9-5-11-20(28-18)29(22)23/h4-6,8-15,25H,3,7,24H2,1-2H3/b8-4+,13-12?,26-21?,27-17?. The van der Waals surface area contributed by atoms with Gasteiger partial charge in [-0.15, -0.1) is 0 Å². The summed E-state index contributed by atoms with van der Waals surface area (Å²) in [4.78, 5) is 15.9. The van der Waals surface area contributed by atoms with Gasteiger partial charge in [0.15, 0.2) is 11.7 Å². The van der Waals surface area contributed by atoms with Gasteiger partial charge in [0.25, 0.3) is 0 Å². The first-order valence-electron chi connectivity index (χ1n) is 9.04. The Kier molecular flexibility index (Phi) is 8.02. The van der Waals surface area contributed by atoms with Crippen LogP contribution in [0.25, 0.3) is 5.70 Å². The average molecular weight is 398 g/mol. The Morgan fingerprint density at radius 3 is 2.66 bits per heavy atom. The van der Waals surface area contributed by atoms with Crippen LogP contribution in [0.15, 0.2) is 77.5 Å². The molecule has 0 saturated carbocycles. The van der Waals surface area contributed by atoms with Crippen molar-refractivity contribution in [3.63, 3.8) is 0 Å². The Hall–Kier alpha value is -3.55. The van der Waals surface area contributed by atoms with Crippen molar-refractivity contribution in [1.82, 2.24) is 9.97 Å². The molecule has 29 heavy (non-hydrogen) atoms. The van der Waals surface area contributed by atoms with Crippen LogP contribution in [0.3, 0.4) is 0 Å². The van der Waals surface area contributed by atoms with Gasteiger partial charge < -0.3 is 10.7 Å². The summed E-state index contributed by atoms with van der Waals surface area (Å²) in [7, 11) is 0. The summed E-state index contributed by atoms with van der Waals surface area (Å²) in [5.74, 6) is 0.341. The van der Waals surface area contributed by atoms with Gasteiger partial charge in [0, 0.05) is 6.20 Å². The largest absolute Gasteiger partial charge is 0.405 e. The van der Waals surface area contributed by atoms with E-state index in [9.17, 15) is 8.96 Å². The van der Waals surface area contributed by atoms with Crippen molar-refractivity contribution in [2.45, 2.75) is 20.3 Å². The number of H-pyrrole nitrogens is 1. The molecule has 0 amide bonds. The topological polar surface area (TPSA) is 82.7 Å². The summed E-state index contributed by atoms with van der Waals surface area (Å²) >= 11 is 0. The molecule has 0 spiro atoms. The number of halogens is 2. The third-order valence-electron chi connectivity index (χ3n) is 3.68. The lowest BCUT2D eigenvalue weighted by Gasteiger charge is -2.06. The van der Waals surface area contributed by atoms with E-state index in [1.54, 1.807) is 30.5 Å². The van der Waals surface area contributed by atoms with E-state index in [4.69, 9.17) is 5.73 Å². The van der Waals surface area contributed by atoms with E-state index in [1.807, 2.05) is 12.2 Å². The van der Waals surface area contributed by atoms with Crippen LogP contribution in [0.1, 0.15) is 31.7 Å². The molecule has 3 N–H and O–H groups in total. The number of nitrogens with two attached hydrogens (primary N) is 1. The van der Waals surface area contributed by atoms with Crippen molar-refractivity contribution in [3.8, 4) is 0 Å². The van der Waals surface area contributed by atoms with Crippen LogP contribution < -0.4 is 11.1 Å². The number of hydrogen-bond donors (Lipinski definition) is 2. The fourth-order valence-electron chi connectivity index (χ4n) is 2.29. The molecule has 0 saturated heterocycles. The van der Waals surface area contributed by atoms with Gasteiger partial charge in [0.05, 0.1) is 22.8 Å². The van der Waals surface area contributed by atoms with Crippen LogP contribution in [0.2, 0.25) is 0 Å². The fraction of sp³-hybridized carbons (Fsp3) is 0.190. The molecule has 0 aliphatic carbocycles. The van der Waals surface area contributed by atoms with Gasteiger partial charge in [0.2, 0.25) is 0 Å². The summed E-state index contributed by atoms with van der Waals surface area (Å²) in [6.07, 6.45) is 9.53. The number of allylic oxidation sites excluding steroid dienone is 3. The molecule has 6 nitrogen and oxygen atoms in total. The lowest BCUT2D eigenvalue weighted by Crippen LogP contribution is -2.04. The number of nitrogens with one attached hydrogen (secondary N) is 1.